The molecule has 0 aliphatic rings. The van der Waals surface area contributed by atoms with Gasteiger partial charge in [-0.15, -0.1) is 0 Å². The molecule has 0 aromatic carbocycles. The standard InChI is InChI=1S/C8H20N2/c1-4-5-6-8(9)10-7(2)3/h7-8,10H,4-6,9H2,1-3H3. The van der Waals surface area contributed by atoms with E-state index in [-0.39, 0.29) is 6.17 Å². The number of rotatable bonds is 5. The van der Waals surface area contributed by atoms with Gasteiger partial charge in [0.25, 0.3) is 0 Å². The highest BCUT2D eigenvalue weighted by atomic mass is 15.0. The minimum atomic E-state index is 0.194. The highest BCUT2D eigenvalue weighted by molar-refractivity contribution is 4.61. The first-order valence-corrected chi connectivity index (χ1v) is 4.18. The Balaban J connectivity index is 3.16. The van der Waals surface area contributed by atoms with Gasteiger partial charge >= 0.3 is 0 Å². The number of hydrogen-bond acceptors (Lipinski definition) is 2. The maximum absolute atomic E-state index is 5.75. The van der Waals surface area contributed by atoms with Crippen molar-refractivity contribution in [2.24, 2.45) is 5.73 Å². The van der Waals surface area contributed by atoms with Gasteiger partial charge in [-0.1, -0.05) is 19.8 Å². The molecule has 0 aliphatic heterocycles. The Bertz CT molecular complexity index is 71.7. The van der Waals surface area contributed by atoms with Crippen molar-refractivity contribution in [2.75, 3.05) is 0 Å². The van der Waals surface area contributed by atoms with Crippen molar-refractivity contribution in [2.45, 2.75) is 52.2 Å². The fourth-order valence-corrected chi connectivity index (χ4v) is 0.936. The lowest BCUT2D eigenvalue weighted by atomic mass is 10.2. The molecule has 1 atom stereocenters. The zero-order valence-electron chi connectivity index (χ0n) is 7.35. The van der Waals surface area contributed by atoms with Crippen LogP contribution >= 0.6 is 0 Å². The van der Waals surface area contributed by atoms with Crippen molar-refractivity contribution in [3.8, 4) is 0 Å². The summed E-state index contributed by atoms with van der Waals surface area (Å²) >= 11 is 0. The third-order valence-corrected chi connectivity index (χ3v) is 1.42. The molecule has 2 nitrogen and oxygen atoms in total. The predicted octanol–water partition coefficient (Wildman–Crippen LogP) is 1.46. The molecule has 0 aromatic heterocycles. The van der Waals surface area contributed by atoms with E-state index in [1.807, 2.05) is 0 Å². The largest absolute Gasteiger partial charge is 0.316 e. The number of hydrogen-bond donors (Lipinski definition) is 2. The van der Waals surface area contributed by atoms with Crippen LogP contribution in [-0.4, -0.2) is 12.2 Å². The summed E-state index contributed by atoms with van der Waals surface area (Å²) in [7, 11) is 0. The van der Waals surface area contributed by atoms with Gasteiger partial charge < -0.3 is 5.73 Å². The van der Waals surface area contributed by atoms with Crippen LogP contribution in [0.15, 0.2) is 0 Å². The lowest BCUT2D eigenvalue weighted by molar-refractivity contribution is 0.438. The summed E-state index contributed by atoms with van der Waals surface area (Å²) < 4.78 is 0. The monoisotopic (exact) mass is 144 g/mol. The van der Waals surface area contributed by atoms with E-state index in [4.69, 9.17) is 5.73 Å². The van der Waals surface area contributed by atoms with Gasteiger partial charge in [-0.2, -0.15) is 0 Å². The SMILES string of the molecule is CCCCC(N)NC(C)C. The van der Waals surface area contributed by atoms with Gasteiger partial charge in [0.15, 0.2) is 0 Å². The summed E-state index contributed by atoms with van der Waals surface area (Å²) in [6.07, 6.45) is 3.74. The predicted molar refractivity (Wildman–Crippen MR) is 45.8 cm³/mol. The van der Waals surface area contributed by atoms with E-state index in [0.717, 1.165) is 6.42 Å². The minimum absolute atomic E-state index is 0.194. The van der Waals surface area contributed by atoms with E-state index in [9.17, 15) is 0 Å². The van der Waals surface area contributed by atoms with Crippen LogP contribution in [0.5, 0.6) is 0 Å². The molecule has 0 aliphatic carbocycles. The van der Waals surface area contributed by atoms with Gasteiger partial charge in [-0.05, 0) is 20.3 Å². The Hall–Kier alpha value is -0.0800. The number of unbranched alkanes of at least 4 members (excludes halogenated alkanes) is 1. The molecule has 0 bridgehead atoms. The van der Waals surface area contributed by atoms with Crippen molar-refractivity contribution in [1.29, 1.82) is 0 Å². The summed E-state index contributed by atoms with van der Waals surface area (Å²) in [5, 5.41) is 3.26. The van der Waals surface area contributed by atoms with Crippen LogP contribution in [0, 0.1) is 0 Å². The molecule has 1 unspecified atom stereocenters. The topological polar surface area (TPSA) is 38.0 Å². The van der Waals surface area contributed by atoms with E-state index in [0.29, 0.717) is 6.04 Å². The molecule has 0 amide bonds. The van der Waals surface area contributed by atoms with Crippen LogP contribution in [0.3, 0.4) is 0 Å². The lowest BCUT2D eigenvalue weighted by Gasteiger charge is -2.15. The van der Waals surface area contributed by atoms with Gasteiger partial charge in [0.05, 0.1) is 6.17 Å². The maximum Gasteiger partial charge on any atom is 0.0548 e. The van der Waals surface area contributed by atoms with Crippen LogP contribution in [0.2, 0.25) is 0 Å². The molecule has 10 heavy (non-hydrogen) atoms. The van der Waals surface area contributed by atoms with E-state index in [2.05, 4.69) is 26.1 Å². The van der Waals surface area contributed by atoms with Crippen molar-refractivity contribution in [3.63, 3.8) is 0 Å². The number of nitrogens with one attached hydrogen (secondary N) is 1. The molecule has 0 aromatic rings. The van der Waals surface area contributed by atoms with Gasteiger partial charge in [-0.25, -0.2) is 0 Å². The minimum Gasteiger partial charge on any atom is -0.316 e. The van der Waals surface area contributed by atoms with Crippen molar-refractivity contribution >= 4 is 0 Å². The first-order chi connectivity index (χ1) is 4.66. The Morgan fingerprint density at radius 3 is 2.40 bits per heavy atom. The van der Waals surface area contributed by atoms with Gasteiger partial charge in [0.1, 0.15) is 0 Å². The summed E-state index contributed by atoms with van der Waals surface area (Å²) in [6.45, 7) is 6.42. The second kappa shape index (κ2) is 5.69. The average molecular weight is 144 g/mol. The van der Waals surface area contributed by atoms with Crippen LogP contribution in [0.1, 0.15) is 40.0 Å². The van der Waals surface area contributed by atoms with Gasteiger partial charge in [-0.3, -0.25) is 5.32 Å². The van der Waals surface area contributed by atoms with Crippen molar-refractivity contribution in [3.05, 3.63) is 0 Å². The Labute approximate surface area is 64.2 Å². The second-order valence-electron chi connectivity index (χ2n) is 3.07. The van der Waals surface area contributed by atoms with E-state index < -0.39 is 0 Å². The summed E-state index contributed by atoms with van der Waals surface area (Å²) in [5.74, 6) is 0. The maximum atomic E-state index is 5.75. The summed E-state index contributed by atoms with van der Waals surface area (Å²) in [5.41, 5.74) is 5.75. The quantitative estimate of drug-likeness (QED) is 0.573. The molecular formula is C8H20N2. The highest BCUT2D eigenvalue weighted by Crippen LogP contribution is 1.95. The molecule has 0 rings (SSSR count). The normalized spacial score (nSPS) is 14.1. The molecule has 0 saturated carbocycles. The molecule has 62 valence electrons. The molecule has 0 radical (unpaired) electrons. The molecule has 2 heteroatoms. The Morgan fingerprint density at radius 2 is 2.00 bits per heavy atom. The Morgan fingerprint density at radius 1 is 1.40 bits per heavy atom. The molecule has 0 fully saturated rings. The van der Waals surface area contributed by atoms with Crippen LogP contribution in [-0.2, 0) is 0 Å². The van der Waals surface area contributed by atoms with Crippen molar-refractivity contribution < 1.29 is 0 Å². The fourth-order valence-electron chi connectivity index (χ4n) is 0.936. The zero-order chi connectivity index (χ0) is 7.98. The van der Waals surface area contributed by atoms with Crippen LogP contribution in [0.25, 0.3) is 0 Å². The lowest BCUT2D eigenvalue weighted by Crippen LogP contribution is -2.41. The van der Waals surface area contributed by atoms with Crippen LogP contribution in [0.4, 0.5) is 0 Å². The third kappa shape index (κ3) is 6.05. The first-order valence-electron chi connectivity index (χ1n) is 4.18. The third-order valence-electron chi connectivity index (χ3n) is 1.42. The smallest absolute Gasteiger partial charge is 0.0548 e. The summed E-state index contributed by atoms with van der Waals surface area (Å²) in [6, 6.07) is 0.506. The average Bonchev–Trinajstić information content (AvgIpc) is 1.82. The first kappa shape index (κ1) is 9.92. The molecule has 0 spiro atoms. The Kier molecular flexibility index (Phi) is 5.64. The van der Waals surface area contributed by atoms with Gasteiger partial charge in [0, 0.05) is 6.04 Å². The molecule has 0 saturated heterocycles. The molecule has 3 N–H and O–H groups in total. The molecular weight excluding hydrogens is 124 g/mol. The van der Waals surface area contributed by atoms with E-state index in [1.165, 1.54) is 12.8 Å². The van der Waals surface area contributed by atoms with Gasteiger partial charge in [0.2, 0.25) is 0 Å². The highest BCUT2D eigenvalue weighted by Gasteiger charge is 2.01. The zero-order valence-corrected chi connectivity index (χ0v) is 7.35. The summed E-state index contributed by atoms with van der Waals surface area (Å²) in [4.78, 5) is 0. The molecule has 0 heterocycles. The van der Waals surface area contributed by atoms with Crippen molar-refractivity contribution in [1.82, 2.24) is 5.32 Å². The fraction of sp³-hybridized carbons (Fsp3) is 1.00. The van der Waals surface area contributed by atoms with E-state index >= 15 is 0 Å². The van der Waals surface area contributed by atoms with E-state index in [1.54, 1.807) is 0 Å². The van der Waals surface area contributed by atoms with Crippen LogP contribution < -0.4 is 11.1 Å². The number of nitrogens with two attached hydrogens (primary N) is 1. The second-order valence-corrected chi connectivity index (χ2v) is 3.07.